The Morgan fingerprint density at radius 3 is 1.36 bits per heavy atom. The zero-order chi connectivity index (χ0) is 51.4. The monoisotopic (exact) mass is 1020 g/mol. The van der Waals surface area contributed by atoms with Crippen molar-refractivity contribution in [1.82, 2.24) is 9.80 Å². The number of unbranched alkanes of at least 4 members (excludes halogenated alkanes) is 16. The molecule has 2 aliphatic rings. The maximum atomic E-state index is 15.8. The number of carbonyl (C=O) groups is 2. The summed E-state index contributed by atoms with van der Waals surface area (Å²) >= 11 is 3.50. The van der Waals surface area contributed by atoms with Gasteiger partial charge in [-0.1, -0.05) is 189 Å². The summed E-state index contributed by atoms with van der Waals surface area (Å²) in [6, 6.07) is 17.0. The minimum Gasteiger partial charge on any atom is -0.459 e. The number of carbonyl (C=O) groups excluding carboxylic acids is 2. The molecule has 6 heterocycles. The van der Waals surface area contributed by atoms with Crippen LogP contribution in [-0.2, 0) is 20.5 Å². The van der Waals surface area contributed by atoms with Crippen LogP contribution in [0.15, 0.2) is 68.5 Å². The van der Waals surface area contributed by atoms with E-state index in [1.165, 1.54) is 123 Å². The summed E-state index contributed by atoms with van der Waals surface area (Å²) in [4.78, 5) is 37.7. The van der Waals surface area contributed by atoms with Gasteiger partial charge in [0, 0.05) is 28.9 Å². The maximum Gasteiger partial charge on any atom is 0.261 e. The molecule has 2 atom stereocenters. The average Bonchev–Trinajstić information content (AvgIpc) is 4.21. The number of rotatable bonds is 32. The van der Waals surface area contributed by atoms with Gasteiger partial charge in [0.05, 0.1) is 25.4 Å². The summed E-state index contributed by atoms with van der Waals surface area (Å²) in [5.74, 6) is 3.17. The molecule has 5 aromatic rings. The Morgan fingerprint density at radius 2 is 0.903 bits per heavy atom. The van der Waals surface area contributed by atoms with Crippen LogP contribution in [0.3, 0.4) is 0 Å². The van der Waals surface area contributed by atoms with Crippen molar-refractivity contribution >= 4 is 66.1 Å². The van der Waals surface area contributed by atoms with Crippen LogP contribution in [0.1, 0.15) is 239 Å². The summed E-state index contributed by atoms with van der Waals surface area (Å²) in [7, 11) is 0. The Balaban J connectivity index is 1.32. The molecule has 0 aliphatic carbocycles. The standard InChI is InChI=1S/C63H91N3O4S2/c1-10-14-18-22-24-28-32-44(30-26-20-16-12-3)42-65-56(49-37-36-48(69-49)51-40-46-34-35-47-41-53(63(8,9)64)72-59(47)58(46)71-51)54-55(61(65)68)57(50-38-39-52(70-50)62(5,6)7)66(60(54)67)43-45(31-27-21-17-13-4)33-29-25-23-19-15-11-2/h34-41,44-45H,10-33,42-43,64H2,1-9H3. The summed E-state index contributed by atoms with van der Waals surface area (Å²) in [5, 5.41) is 2.37. The summed E-state index contributed by atoms with van der Waals surface area (Å²) in [6.45, 7) is 20.8. The first kappa shape index (κ1) is 55.8. The highest BCUT2D eigenvalue weighted by Crippen LogP contribution is 2.50. The molecule has 0 saturated heterocycles. The van der Waals surface area contributed by atoms with E-state index in [1.54, 1.807) is 22.7 Å². The number of nitrogens with two attached hydrogens (primary N) is 1. The predicted octanol–water partition coefficient (Wildman–Crippen LogP) is 18.9. The quantitative estimate of drug-likeness (QED) is 0.0433. The average molecular weight is 1020 g/mol. The molecule has 2 aliphatic heterocycles. The van der Waals surface area contributed by atoms with Crippen LogP contribution in [0.5, 0.6) is 0 Å². The van der Waals surface area contributed by atoms with E-state index >= 15 is 9.59 Å². The minimum atomic E-state index is -0.426. The fourth-order valence-electron chi connectivity index (χ4n) is 11.1. The van der Waals surface area contributed by atoms with Gasteiger partial charge in [0.25, 0.3) is 11.8 Å². The van der Waals surface area contributed by atoms with Crippen molar-refractivity contribution in [2.45, 2.75) is 227 Å². The first-order valence-electron chi connectivity index (χ1n) is 28.8. The van der Waals surface area contributed by atoms with E-state index in [0.29, 0.717) is 59.0 Å². The van der Waals surface area contributed by atoms with Gasteiger partial charge in [0.2, 0.25) is 0 Å². The van der Waals surface area contributed by atoms with Gasteiger partial charge in [0.15, 0.2) is 11.5 Å². The molecule has 394 valence electrons. The largest absolute Gasteiger partial charge is 0.459 e. The topological polar surface area (TPSA) is 92.9 Å². The molecular formula is C63H91N3O4S2. The molecule has 2 amide bonds. The molecule has 2 unspecified atom stereocenters. The number of furan rings is 2. The van der Waals surface area contributed by atoms with Crippen LogP contribution in [0, 0.1) is 11.8 Å². The highest BCUT2D eigenvalue weighted by molar-refractivity contribution is 7.29. The van der Waals surface area contributed by atoms with Gasteiger partial charge in [-0.3, -0.25) is 9.59 Å². The second kappa shape index (κ2) is 26.0. The second-order valence-electron chi connectivity index (χ2n) is 23.2. The molecule has 0 saturated carbocycles. The number of nitrogens with zero attached hydrogens (tertiary/aromatic N) is 2. The van der Waals surface area contributed by atoms with Gasteiger partial charge >= 0.3 is 0 Å². The number of amides is 2. The number of hydrogen-bond donors (Lipinski definition) is 1. The molecule has 4 aromatic heterocycles. The molecule has 7 rings (SSSR count). The van der Waals surface area contributed by atoms with E-state index in [9.17, 15) is 0 Å². The Morgan fingerprint density at radius 1 is 0.500 bits per heavy atom. The highest BCUT2D eigenvalue weighted by Gasteiger charge is 2.51. The molecule has 0 fully saturated rings. The summed E-state index contributed by atoms with van der Waals surface area (Å²) in [6.07, 6.45) is 28.6. The molecule has 2 N–H and O–H groups in total. The molecule has 72 heavy (non-hydrogen) atoms. The fourth-order valence-corrected chi connectivity index (χ4v) is 13.5. The van der Waals surface area contributed by atoms with Crippen molar-refractivity contribution in [1.29, 1.82) is 0 Å². The van der Waals surface area contributed by atoms with E-state index < -0.39 is 5.54 Å². The van der Waals surface area contributed by atoms with Gasteiger partial charge < -0.3 is 24.4 Å². The van der Waals surface area contributed by atoms with Crippen LogP contribution < -0.4 is 5.73 Å². The molecule has 0 spiro atoms. The molecule has 9 heteroatoms. The molecule has 7 nitrogen and oxygen atoms in total. The van der Waals surface area contributed by atoms with Crippen molar-refractivity contribution in [3.05, 3.63) is 81.8 Å². The van der Waals surface area contributed by atoms with E-state index in [2.05, 4.69) is 86.6 Å². The zero-order valence-electron chi connectivity index (χ0n) is 46.1. The first-order chi connectivity index (χ1) is 34.7. The number of thiophene rings is 2. The van der Waals surface area contributed by atoms with E-state index in [-0.39, 0.29) is 17.2 Å². The van der Waals surface area contributed by atoms with Crippen molar-refractivity contribution in [3.8, 4) is 10.6 Å². The Labute approximate surface area is 442 Å². The number of benzene rings is 1. The van der Waals surface area contributed by atoms with Crippen LogP contribution in [-0.4, -0.2) is 34.7 Å². The third-order valence-electron chi connectivity index (χ3n) is 15.4. The lowest BCUT2D eigenvalue weighted by Crippen LogP contribution is -2.34. The molecule has 0 radical (unpaired) electrons. The summed E-state index contributed by atoms with van der Waals surface area (Å²) < 4.78 is 16.3. The fraction of sp³-hybridized carbons (Fsp3) is 0.619. The highest BCUT2D eigenvalue weighted by atomic mass is 32.1. The maximum absolute atomic E-state index is 15.8. The van der Waals surface area contributed by atoms with Crippen LogP contribution >= 0.6 is 22.7 Å². The van der Waals surface area contributed by atoms with Gasteiger partial charge in [-0.2, -0.15) is 0 Å². The Kier molecular flexibility index (Phi) is 20.2. The smallest absolute Gasteiger partial charge is 0.261 e. The third kappa shape index (κ3) is 13.7. The SMILES string of the molecule is CCCCCCCCC(CCCCCC)CN1C(=O)C2=C(c3ccc(C(C)(C)C)o3)N(CC(CCCCCC)CCCCCCCC)C(=O)C2=C1c1ccc(-c2cc3ccc4cc(C(C)(C)N)sc4c3s2)o1. The zero-order valence-corrected chi connectivity index (χ0v) is 47.7. The van der Waals surface area contributed by atoms with Gasteiger partial charge in [-0.25, -0.2) is 0 Å². The number of fused-ring (bicyclic) bond motifs is 4. The van der Waals surface area contributed by atoms with E-state index in [4.69, 9.17) is 14.6 Å². The third-order valence-corrected chi connectivity index (χ3v) is 18.2. The van der Waals surface area contributed by atoms with Crippen LogP contribution in [0.2, 0.25) is 0 Å². The second-order valence-corrected chi connectivity index (χ2v) is 25.3. The van der Waals surface area contributed by atoms with Crippen LogP contribution in [0.4, 0.5) is 0 Å². The van der Waals surface area contributed by atoms with E-state index in [1.807, 2.05) is 34.1 Å². The minimum absolute atomic E-state index is 0.102. The number of hydrogen-bond acceptors (Lipinski definition) is 7. The Bertz CT molecular complexity index is 2600. The van der Waals surface area contributed by atoms with Gasteiger partial charge in [0.1, 0.15) is 22.9 Å². The lowest BCUT2D eigenvalue weighted by atomic mass is 9.93. The van der Waals surface area contributed by atoms with Crippen molar-refractivity contribution in [2.24, 2.45) is 17.6 Å². The normalized spacial score (nSPS) is 15.5. The van der Waals surface area contributed by atoms with E-state index in [0.717, 1.165) is 72.6 Å². The van der Waals surface area contributed by atoms with Gasteiger partial charge in [-0.15, -0.1) is 22.7 Å². The van der Waals surface area contributed by atoms with Crippen molar-refractivity contribution in [2.75, 3.05) is 13.1 Å². The van der Waals surface area contributed by atoms with Crippen LogP contribution in [0.25, 0.3) is 42.2 Å². The van der Waals surface area contributed by atoms with Crippen molar-refractivity contribution in [3.63, 3.8) is 0 Å². The first-order valence-corrected chi connectivity index (χ1v) is 30.4. The Hall–Kier alpha value is -3.92. The summed E-state index contributed by atoms with van der Waals surface area (Å²) in [5.41, 5.74) is 8.15. The molecule has 0 bridgehead atoms. The lowest BCUT2D eigenvalue weighted by Gasteiger charge is -2.29. The van der Waals surface area contributed by atoms with Gasteiger partial charge in [-0.05, 0) is 98.5 Å². The lowest BCUT2D eigenvalue weighted by molar-refractivity contribution is -0.124. The molecule has 1 aromatic carbocycles. The van der Waals surface area contributed by atoms with Crippen molar-refractivity contribution < 1.29 is 18.4 Å². The predicted molar refractivity (Wildman–Crippen MR) is 307 cm³/mol. The molecular weight excluding hydrogens is 927 g/mol.